The van der Waals surface area contributed by atoms with Crippen LogP contribution in [0.5, 0.6) is 0 Å². The van der Waals surface area contributed by atoms with Gasteiger partial charge in [-0.05, 0) is 48.2 Å². The molecule has 1 heterocycles. The molecule has 4 aromatic rings. The highest BCUT2D eigenvalue weighted by molar-refractivity contribution is 5.97. The summed E-state index contributed by atoms with van der Waals surface area (Å²) in [5.74, 6) is -0.351. The monoisotopic (exact) mass is 425 g/mol. The number of fused-ring (bicyclic) bond motifs is 1. The first-order chi connectivity index (χ1) is 15.5. The van der Waals surface area contributed by atoms with Crippen molar-refractivity contribution in [2.24, 2.45) is 5.73 Å². The fourth-order valence-corrected chi connectivity index (χ4v) is 4.20. The second kappa shape index (κ2) is 9.52. The minimum Gasteiger partial charge on any atom is -0.369 e. The highest BCUT2D eigenvalue weighted by Gasteiger charge is 2.26. The zero-order valence-corrected chi connectivity index (χ0v) is 18.1. The topological polar surface area (TPSA) is 68.3 Å². The Balaban J connectivity index is 1.72. The number of amides is 2. The van der Waals surface area contributed by atoms with Crippen LogP contribution >= 0.6 is 0 Å². The van der Waals surface area contributed by atoms with Crippen LogP contribution in [0.15, 0.2) is 91.1 Å². The lowest BCUT2D eigenvalue weighted by molar-refractivity contribution is -0.121. The van der Waals surface area contributed by atoms with Crippen molar-refractivity contribution in [1.82, 2.24) is 4.57 Å². The van der Waals surface area contributed by atoms with E-state index in [-0.39, 0.29) is 24.3 Å². The number of rotatable bonds is 8. The predicted molar refractivity (Wildman–Crippen MR) is 128 cm³/mol. The molecule has 162 valence electrons. The summed E-state index contributed by atoms with van der Waals surface area (Å²) in [6, 6.07) is 27.3. The molecular formula is C27H27N3O2. The average Bonchev–Trinajstić information content (AvgIpc) is 3.24. The lowest BCUT2D eigenvalue weighted by atomic mass is 10.0. The number of carbonyl (C=O) groups excluding carboxylic acids is 2. The Morgan fingerprint density at radius 3 is 2.28 bits per heavy atom. The Labute approximate surface area is 188 Å². The van der Waals surface area contributed by atoms with Crippen molar-refractivity contribution >= 4 is 28.4 Å². The van der Waals surface area contributed by atoms with E-state index in [1.54, 1.807) is 4.90 Å². The van der Waals surface area contributed by atoms with Gasteiger partial charge in [-0.15, -0.1) is 0 Å². The van der Waals surface area contributed by atoms with Crippen molar-refractivity contribution < 1.29 is 9.59 Å². The van der Waals surface area contributed by atoms with Gasteiger partial charge in [-0.25, -0.2) is 0 Å². The lowest BCUT2D eigenvalue weighted by Crippen LogP contribution is -2.34. The first kappa shape index (κ1) is 21.4. The van der Waals surface area contributed by atoms with Crippen LogP contribution in [-0.2, 0) is 22.4 Å². The third kappa shape index (κ3) is 4.57. The minimum absolute atomic E-state index is 0.0185. The summed E-state index contributed by atoms with van der Waals surface area (Å²) in [4.78, 5) is 26.9. The Morgan fingerprint density at radius 2 is 1.59 bits per heavy atom. The zero-order valence-electron chi connectivity index (χ0n) is 18.1. The maximum atomic E-state index is 13.7. The fraction of sp³-hybridized carbons (Fsp3) is 0.185. The highest BCUT2D eigenvalue weighted by atomic mass is 16.2. The number of benzene rings is 3. The molecule has 0 radical (unpaired) electrons. The maximum Gasteiger partial charge on any atom is 0.249 e. The molecule has 2 N–H and O–H groups in total. The lowest BCUT2D eigenvalue weighted by Gasteiger charge is -2.26. The number of anilines is 1. The van der Waals surface area contributed by atoms with Crippen molar-refractivity contribution in [1.29, 1.82) is 0 Å². The quantitative estimate of drug-likeness (QED) is 0.451. The minimum atomic E-state index is -0.387. The van der Waals surface area contributed by atoms with Crippen LogP contribution in [0.3, 0.4) is 0 Å². The summed E-state index contributed by atoms with van der Waals surface area (Å²) >= 11 is 0. The number of hydrogen-bond acceptors (Lipinski definition) is 2. The van der Waals surface area contributed by atoms with Gasteiger partial charge in [0, 0.05) is 29.8 Å². The number of aromatic nitrogens is 1. The van der Waals surface area contributed by atoms with Gasteiger partial charge in [0.25, 0.3) is 0 Å². The summed E-state index contributed by atoms with van der Waals surface area (Å²) in [5.41, 5.74) is 9.29. The average molecular weight is 426 g/mol. The van der Waals surface area contributed by atoms with E-state index in [2.05, 4.69) is 12.1 Å². The number of nitrogens with zero attached hydrogens (tertiary/aromatic N) is 2. The Bertz CT molecular complexity index is 1220. The van der Waals surface area contributed by atoms with Crippen LogP contribution < -0.4 is 10.6 Å². The van der Waals surface area contributed by atoms with Crippen LogP contribution in [0.1, 0.15) is 23.6 Å². The van der Waals surface area contributed by atoms with Gasteiger partial charge in [0.1, 0.15) is 6.04 Å². The van der Waals surface area contributed by atoms with Gasteiger partial charge in [0.15, 0.2) is 0 Å². The summed E-state index contributed by atoms with van der Waals surface area (Å²) in [7, 11) is 1.82. The maximum absolute atomic E-state index is 13.7. The Hall–Kier alpha value is -3.86. The molecule has 3 aromatic carbocycles. The zero-order chi connectivity index (χ0) is 22.5. The van der Waals surface area contributed by atoms with Crippen LogP contribution in [0.4, 0.5) is 5.69 Å². The smallest absolute Gasteiger partial charge is 0.249 e. The van der Waals surface area contributed by atoms with Crippen LogP contribution in [0, 0.1) is 0 Å². The largest absolute Gasteiger partial charge is 0.369 e. The molecule has 4 rings (SSSR count). The summed E-state index contributed by atoms with van der Waals surface area (Å²) < 4.78 is 2.03. The SMILES string of the molecule is CN(C(=O)C(CCc1ccccc1)n1ccc2c(CC(N)=O)cccc21)c1ccccc1. The molecule has 0 saturated carbocycles. The van der Waals surface area contributed by atoms with Crippen molar-refractivity contribution in [3.63, 3.8) is 0 Å². The van der Waals surface area contributed by atoms with Crippen molar-refractivity contribution in [3.05, 3.63) is 102 Å². The number of para-hydroxylation sites is 1. The van der Waals surface area contributed by atoms with E-state index < -0.39 is 0 Å². The molecule has 5 heteroatoms. The molecule has 0 aliphatic carbocycles. The predicted octanol–water partition coefficient (Wildman–Crippen LogP) is 4.51. The molecule has 0 bridgehead atoms. The standard InChI is InChI=1S/C27H27N3O2/c1-29(22-12-6-3-7-13-22)27(32)25(16-15-20-9-4-2-5-10-20)30-18-17-23-21(19-26(28)31)11-8-14-24(23)30/h2-14,17-18,25H,15-16,19H2,1H3,(H2,28,31). The van der Waals surface area contributed by atoms with E-state index in [9.17, 15) is 9.59 Å². The van der Waals surface area contributed by atoms with Crippen molar-refractivity contribution in [2.45, 2.75) is 25.3 Å². The number of hydrogen-bond donors (Lipinski definition) is 1. The number of primary amides is 1. The summed E-state index contributed by atoms with van der Waals surface area (Å²) in [5, 5.41) is 0.950. The van der Waals surface area contributed by atoms with Gasteiger partial charge in [0.05, 0.1) is 6.42 Å². The van der Waals surface area contributed by atoms with Crippen LogP contribution in [0.25, 0.3) is 10.9 Å². The molecule has 0 spiro atoms. The van der Waals surface area contributed by atoms with Gasteiger partial charge in [-0.2, -0.15) is 0 Å². The van der Waals surface area contributed by atoms with E-state index in [0.29, 0.717) is 6.42 Å². The fourth-order valence-electron chi connectivity index (χ4n) is 4.20. The second-order valence-electron chi connectivity index (χ2n) is 7.99. The van der Waals surface area contributed by atoms with E-state index in [1.807, 2.05) is 90.6 Å². The molecular weight excluding hydrogens is 398 g/mol. The van der Waals surface area contributed by atoms with E-state index >= 15 is 0 Å². The van der Waals surface area contributed by atoms with Gasteiger partial charge in [-0.3, -0.25) is 9.59 Å². The molecule has 1 aromatic heterocycles. The van der Waals surface area contributed by atoms with Gasteiger partial charge in [-0.1, -0.05) is 60.7 Å². The number of aryl methyl sites for hydroxylation is 1. The molecule has 5 nitrogen and oxygen atoms in total. The Morgan fingerprint density at radius 1 is 0.906 bits per heavy atom. The molecule has 1 atom stereocenters. The molecule has 0 fully saturated rings. The van der Waals surface area contributed by atoms with E-state index in [1.165, 1.54) is 5.56 Å². The second-order valence-corrected chi connectivity index (χ2v) is 7.99. The molecule has 0 aliphatic rings. The third-order valence-electron chi connectivity index (χ3n) is 5.86. The van der Waals surface area contributed by atoms with Crippen LogP contribution in [0.2, 0.25) is 0 Å². The van der Waals surface area contributed by atoms with Gasteiger partial charge < -0.3 is 15.2 Å². The van der Waals surface area contributed by atoms with Crippen LogP contribution in [-0.4, -0.2) is 23.4 Å². The highest BCUT2D eigenvalue weighted by Crippen LogP contribution is 2.28. The summed E-state index contributed by atoms with van der Waals surface area (Å²) in [6.45, 7) is 0. The molecule has 0 aliphatic heterocycles. The number of likely N-dealkylation sites (N-methyl/N-ethyl adjacent to an activating group) is 1. The number of carbonyl (C=O) groups is 2. The first-order valence-corrected chi connectivity index (χ1v) is 10.8. The summed E-state index contributed by atoms with van der Waals surface area (Å²) in [6.07, 6.45) is 3.56. The molecule has 2 amide bonds. The van der Waals surface area contributed by atoms with E-state index in [4.69, 9.17) is 5.73 Å². The molecule has 32 heavy (non-hydrogen) atoms. The first-order valence-electron chi connectivity index (χ1n) is 10.8. The van der Waals surface area contributed by atoms with Crippen molar-refractivity contribution in [2.75, 3.05) is 11.9 Å². The van der Waals surface area contributed by atoms with E-state index in [0.717, 1.165) is 28.6 Å². The van der Waals surface area contributed by atoms with Crippen molar-refractivity contribution in [3.8, 4) is 0 Å². The Kier molecular flexibility index (Phi) is 6.36. The van der Waals surface area contributed by atoms with Gasteiger partial charge >= 0.3 is 0 Å². The van der Waals surface area contributed by atoms with Gasteiger partial charge in [0.2, 0.25) is 11.8 Å². The molecule has 0 saturated heterocycles. The normalized spacial score (nSPS) is 11.9. The molecule has 1 unspecified atom stereocenters. The third-order valence-corrected chi connectivity index (χ3v) is 5.86. The number of nitrogens with two attached hydrogens (primary N) is 1.